The normalized spacial score (nSPS) is 10.6. The van der Waals surface area contributed by atoms with E-state index in [2.05, 4.69) is 4.98 Å². The minimum Gasteiger partial charge on any atom is -0.390 e. The van der Waals surface area contributed by atoms with Crippen LogP contribution in [0, 0.1) is 17.0 Å². The number of aliphatic hydroxyl groups excluding tert-OH is 1. The van der Waals surface area contributed by atoms with Crippen LogP contribution in [0.2, 0.25) is 0 Å². The van der Waals surface area contributed by atoms with Crippen molar-refractivity contribution >= 4 is 17.0 Å². The summed E-state index contributed by atoms with van der Waals surface area (Å²) in [6.07, 6.45) is 0.628. The average molecular weight is 264 g/mol. The van der Waals surface area contributed by atoms with Gasteiger partial charge < -0.3 is 5.11 Å². The number of non-ortho nitro benzene ring substituents is 1. The van der Waals surface area contributed by atoms with Crippen molar-refractivity contribution in [3.05, 3.63) is 55.5 Å². The van der Waals surface area contributed by atoms with Crippen LogP contribution in [0.25, 0.3) is 0 Å². The second-order valence-electron chi connectivity index (χ2n) is 3.87. The van der Waals surface area contributed by atoms with Gasteiger partial charge in [0.05, 0.1) is 22.2 Å². The summed E-state index contributed by atoms with van der Waals surface area (Å²) in [5.74, 6) is 0. The molecule has 0 amide bonds. The topological polar surface area (TPSA) is 76.3 Å². The summed E-state index contributed by atoms with van der Waals surface area (Å²) in [7, 11) is 0. The maximum Gasteiger partial charge on any atom is 0.269 e. The highest BCUT2D eigenvalue weighted by molar-refractivity contribution is 7.11. The molecule has 2 aromatic rings. The van der Waals surface area contributed by atoms with Gasteiger partial charge in [0.25, 0.3) is 5.69 Å². The van der Waals surface area contributed by atoms with E-state index in [-0.39, 0.29) is 12.3 Å². The Morgan fingerprint density at radius 1 is 1.39 bits per heavy atom. The van der Waals surface area contributed by atoms with Crippen LogP contribution in [0.4, 0.5) is 5.69 Å². The van der Waals surface area contributed by atoms with Gasteiger partial charge >= 0.3 is 0 Å². The fraction of sp³-hybridized carbons (Fsp3) is 0.250. The highest BCUT2D eigenvalue weighted by Gasteiger charge is 2.09. The zero-order chi connectivity index (χ0) is 13.1. The molecule has 0 saturated carbocycles. The highest BCUT2D eigenvalue weighted by atomic mass is 32.1. The summed E-state index contributed by atoms with van der Waals surface area (Å²) in [4.78, 5) is 15.4. The second-order valence-corrected chi connectivity index (χ2v) is 5.16. The van der Waals surface area contributed by atoms with Crippen molar-refractivity contribution in [1.29, 1.82) is 0 Å². The molecule has 0 radical (unpaired) electrons. The van der Waals surface area contributed by atoms with Gasteiger partial charge in [0.2, 0.25) is 0 Å². The summed E-state index contributed by atoms with van der Waals surface area (Å²) < 4.78 is 0. The predicted octanol–water partition coefficient (Wildman–Crippen LogP) is 2.44. The Morgan fingerprint density at radius 3 is 2.56 bits per heavy atom. The molecular formula is C12H12N2O3S. The Labute approximate surface area is 108 Å². The molecule has 0 bridgehead atoms. The van der Waals surface area contributed by atoms with E-state index in [4.69, 9.17) is 5.11 Å². The molecule has 0 spiro atoms. The van der Waals surface area contributed by atoms with Gasteiger partial charge in [-0.3, -0.25) is 10.1 Å². The van der Waals surface area contributed by atoms with Gasteiger partial charge in [-0.25, -0.2) is 4.98 Å². The number of nitrogens with zero attached hydrogens (tertiary/aromatic N) is 2. The van der Waals surface area contributed by atoms with Crippen molar-refractivity contribution in [2.45, 2.75) is 20.0 Å². The standard InChI is InChI=1S/C12H12N2O3S/c1-8-11(7-15)13-12(18-8)6-9-2-4-10(5-3-9)14(16)17/h2-5,15H,6-7H2,1H3. The molecule has 0 aliphatic rings. The molecule has 0 aliphatic carbocycles. The lowest BCUT2D eigenvalue weighted by atomic mass is 10.1. The average Bonchev–Trinajstić information content (AvgIpc) is 2.70. The van der Waals surface area contributed by atoms with Crippen LogP contribution in [0.1, 0.15) is 21.1 Å². The van der Waals surface area contributed by atoms with Crippen LogP contribution in [0.15, 0.2) is 24.3 Å². The Bertz CT molecular complexity index is 563. The smallest absolute Gasteiger partial charge is 0.269 e. The Kier molecular flexibility index (Phi) is 3.69. The predicted molar refractivity (Wildman–Crippen MR) is 68.7 cm³/mol. The van der Waals surface area contributed by atoms with Crippen LogP contribution in [0.5, 0.6) is 0 Å². The van der Waals surface area contributed by atoms with E-state index in [0.29, 0.717) is 12.1 Å². The van der Waals surface area contributed by atoms with Crippen molar-refractivity contribution in [3.8, 4) is 0 Å². The quantitative estimate of drug-likeness (QED) is 0.679. The molecule has 0 aliphatic heterocycles. The van der Waals surface area contributed by atoms with Crippen LogP contribution in [-0.2, 0) is 13.0 Å². The molecule has 94 valence electrons. The van der Waals surface area contributed by atoms with Crippen LogP contribution in [-0.4, -0.2) is 15.0 Å². The molecule has 0 atom stereocenters. The Balaban J connectivity index is 2.15. The third-order valence-corrected chi connectivity index (χ3v) is 3.60. The fourth-order valence-electron chi connectivity index (χ4n) is 1.62. The number of benzene rings is 1. The Hall–Kier alpha value is -1.79. The maximum atomic E-state index is 10.5. The number of hydrogen-bond donors (Lipinski definition) is 1. The van der Waals surface area contributed by atoms with E-state index in [1.165, 1.54) is 23.5 Å². The molecule has 0 saturated heterocycles. The van der Waals surface area contributed by atoms with Gasteiger partial charge in [-0.05, 0) is 12.5 Å². The van der Waals surface area contributed by atoms with E-state index < -0.39 is 4.92 Å². The number of aryl methyl sites for hydroxylation is 1. The first-order valence-corrected chi connectivity index (χ1v) is 6.21. The van der Waals surface area contributed by atoms with Gasteiger partial charge in [-0.15, -0.1) is 11.3 Å². The zero-order valence-electron chi connectivity index (χ0n) is 9.79. The fourth-order valence-corrected chi connectivity index (χ4v) is 2.60. The molecule has 5 nitrogen and oxygen atoms in total. The van der Waals surface area contributed by atoms with Crippen LogP contribution >= 0.6 is 11.3 Å². The molecule has 1 aromatic carbocycles. The summed E-state index contributed by atoms with van der Waals surface area (Å²) >= 11 is 1.54. The van der Waals surface area contributed by atoms with Gasteiger partial charge in [0.15, 0.2) is 0 Å². The molecular weight excluding hydrogens is 252 g/mol. The molecule has 18 heavy (non-hydrogen) atoms. The molecule has 1 aromatic heterocycles. The van der Waals surface area contributed by atoms with Crippen molar-refractivity contribution in [3.63, 3.8) is 0 Å². The molecule has 2 rings (SSSR count). The van der Waals surface area contributed by atoms with E-state index in [1.807, 2.05) is 6.92 Å². The maximum absolute atomic E-state index is 10.5. The van der Waals surface area contributed by atoms with Gasteiger partial charge in [-0.1, -0.05) is 12.1 Å². The lowest BCUT2D eigenvalue weighted by Crippen LogP contribution is -1.91. The van der Waals surface area contributed by atoms with Gasteiger partial charge in [0.1, 0.15) is 0 Å². The van der Waals surface area contributed by atoms with Gasteiger partial charge in [0, 0.05) is 23.4 Å². The lowest BCUT2D eigenvalue weighted by molar-refractivity contribution is -0.384. The lowest BCUT2D eigenvalue weighted by Gasteiger charge is -1.97. The van der Waals surface area contributed by atoms with E-state index in [0.717, 1.165) is 15.4 Å². The van der Waals surface area contributed by atoms with Crippen molar-refractivity contribution in [2.75, 3.05) is 0 Å². The molecule has 1 N–H and O–H groups in total. The van der Waals surface area contributed by atoms with Crippen molar-refractivity contribution < 1.29 is 10.0 Å². The first-order valence-electron chi connectivity index (χ1n) is 5.39. The summed E-state index contributed by atoms with van der Waals surface area (Å²) in [6.45, 7) is 1.87. The number of aromatic nitrogens is 1. The summed E-state index contributed by atoms with van der Waals surface area (Å²) in [6, 6.07) is 6.44. The minimum absolute atomic E-state index is 0.0530. The van der Waals surface area contributed by atoms with Crippen molar-refractivity contribution in [1.82, 2.24) is 4.98 Å². The monoisotopic (exact) mass is 264 g/mol. The van der Waals surface area contributed by atoms with E-state index in [9.17, 15) is 10.1 Å². The van der Waals surface area contributed by atoms with Crippen LogP contribution < -0.4 is 0 Å². The van der Waals surface area contributed by atoms with Gasteiger partial charge in [-0.2, -0.15) is 0 Å². The summed E-state index contributed by atoms with van der Waals surface area (Å²) in [5.41, 5.74) is 1.76. The highest BCUT2D eigenvalue weighted by Crippen LogP contribution is 2.21. The van der Waals surface area contributed by atoms with Crippen LogP contribution in [0.3, 0.4) is 0 Å². The SMILES string of the molecule is Cc1sc(Cc2ccc([N+](=O)[O-])cc2)nc1CO. The number of hydrogen-bond acceptors (Lipinski definition) is 5. The molecule has 1 heterocycles. The molecule has 0 unspecified atom stereocenters. The minimum atomic E-state index is -0.415. The zero-order valence-corrected chi connectivity index (χ0v) is 10.6. The number of thiazole rings is 1. The molecule has 0 fully saturated rings. The number of aliphatic hydroxyl groups is 1. The number of nitro groups is 1. The Morgan fingerprint density at radius 2 is 2.06 bits per heavy atom. The first-order chi connectivity index (χ1) is 8.60. The summed E-state index contributed by atoms with van der Waals surface area (Å²) in [5, 5.41) is 20.5. The van der Waals surface area contributed by atoms with E-state index >= 15 is 0 Å². The van der Waals surface area contributed by atoms with E-state index in [1.54, 1.807) is 12.1 Å². The second kappa shape index (κ2) is 5.24. The first kappa shape index (κ1) is 12.7. The molecule has 6 heteroatoms. The third kappa shape index (κ3) is 2.72. The third-order valence-electron chi connectivity index (χ3n) is 2.59. The van der Waals surface area contributed by atoms with Crippen molar-refractivity contribution in [2.24, 2.45) is 0 Å². The largest absolute Gasteiger partial charge is 0.390 e. The number of nitro benzene ring substituents is 1. The number of rotatable bonds is 4.